The van der Waals surface area contributed by atoms with Crippen molar-refractivity contribution in [3.8, 4) is 0 Å². The number of fused-ring (bicyclic) bond motifs is 1. The zero-order valence-electron chi connectivity index (χ0n) is 12.6. The molecule has 3 aliphatic rings. The van der Waals surface area contributed by atoms with Gasteiger partial charge in [0.1, 0.15) is 5.82 Å². The summed E-state index contributed by atoms with van der Waals surface area (Å²) in [5, 5.41) is 3.48. The first-order valence-electron chi connectivity index (χ1n) is 8.39. The number of imidazole rings is 1. The first-order valence-corrected chi connectivity index (χ1v) is 8.39. The molecule has 0 spiro atoms. The lowest BCUT2D eigenvalue weighted by Gasteiger charge is -2.34. The Hall–Kier alpha value is -0.870. The van der Waals surface area contributed by atoms with Crippen molar-refractivity contribution in [1.82, 2.24) is 19.8 Å². The minimum Gasteiger partial charge on any atom is -0.327 e. The van der Waals surface area contributed by atoms with Crippen molar-refractivity contribution in [3.63, 3.8) is 0 Å². The second-order valence-electron chi connectivity index (χ2n) is 6.62. The van der Waals surface area contributed by atoms with Crippen LogP contribution in [0.15, 0.2) is 0 Å². The minimum atomic E-state index is 0.675. The molecule has 0 aromatic carbocycles. The third-order valence-corrected chi connectivity index (χ3v) is 5.19. The fourth-order valence-corrected chi connectivity index (χ4v) is 3.92. The van der Waals surface area contributed by atoms with Gasteiger partial charge >= 0.3 is 0 Å². The molecule has 2 aliphatic heterocycles. The highest BCUT2D eigenvalue weighted by atomic mass is 15.2. The third-order valence-electron chi connectivity index (χ3n) is 5.19. The van der Waals surface area contributed by atoms with Crippen LogP contribution in [0.3, 0.4) is 0 Å². The van der Waals surface area contributed by atoms with E-state index in [9.17, 15) is 0 Å². The normalized spacial score (nSPS) is 27.6. The molecular weight excluding hydrogens is 248 g/mol. The predicted molar refractivity (Wildman–Crippen MR) is 80.0 cm³/mol. The first-order chi connectivity index (χ1) is 9.86. The highest BCUT2D eigenvalue weighted by molar-refractivity contribution is 5.25. The summed E-state index contributed by atoms with van der Waals surface area (Å²) in [7, 11) is 0. The monoisotopic (exact) mass is 274 g/mol. The molecule has 20 heavy (non-hydrogen) atoms. The lowest BCUT2D eigenvalue weighted by Crippen LogP contribution is -2.38. The van der Waals surface area contributed by atoms with Gasteiger partial charge in [-0.3, -0.25) is 0 Å². The van der Waals surface area contributed by atoms with E-state index in [2.05, 4.69) is 21.7 Å². The van der Waals surface area contributed by atoms with Crippen LogP contribution in [0.25, 0.3) is 0 Å². The van der Waals surface area contributed by atoms with E-state index >= 15 is 0 Å². The number of nitrogens with zero attached hydrogens (tertiary/aromatic N) is 3. The molecule has 1 aliphatic carbocycles. The molecule has 4 heteroatoms. The fourth-order valence-electron chi connectivity index (χ4n) is 3.92. The van der Waals surface area contributed by atoms with Crippen molar-refractivity contribution >= 4 is 0 Å². The van der Waals surface area contributed by atoms with Gasteiger partial charge in [-0.05, 0) is 38.8 Å². The molecule has 1 aromatic heterocycles. The number of aromatic nitrogens is 2. The van der Waals surface area contributed by atoms with Crippen molar-refractivity contribution in [2.75, 3.05) is 26.2 Å². The first kappa shape index (κ1) is 12.8. The van der Waals surface area contributed by atoms with Gasteiger partial charge in [0.05, 0.1) is 5.69 Å². The molecule has 1 atom stereocenters. The van der Waals surface area contributed by atoms with Crippen LogP contribution < -0.4 is 5.32 Å². The average Bonchev–Trinajstić information content (AvgIpc) is 3.27. The third kappa shape index (κ3) is 2.19. The van der Waals surface area contributed by atoms with Gasteiger partial charge in [-0.2, -0.15) is 0 Å². The number of nitrogens with one attached hydrogen (secondary N) is 1. The van der Waals surface area contributed by atoms with E-state index < -0.39 is 0 Å². The Kier molecular flexibility index (Phi) is 3.31. The summed E-state index contributed by atoms with van der Waals surface area (Å²) in [4.78, 5) is 7.63. The summed E-state index contributed by atoms with van der Waals surface area (Å²) < 4.78 is 2.68. The molecule has 0 bridgehead atoms. The van der Waals surface area contributed by atoms with Crippen LogP contribution in [0.5, 0.6) is 0 Å². The van der Waals surface area contributed by atoms with E-state index in [4.69, 9.17) is 4.98 Å². The van der Waals surface area contributed by atoms with Gasteiger partial charge < -0.3 is 14.8 Å². The Bertz CT molecular complexity index is 489. The molecule has 3 heterocycles. The Labute approximate surface area is 121 Å². The van der Waals surface area contributed by atoms with Gasteiger partial charge in [0.2, 0.25) is 0 Å². The van der Waals surface area contributed by atoms with Gasteiger partial charge in [0, 0.05) is 43.7 Å². The molecule has 4 rings (SSSR count). The predicted octanol–water partition coefficient (Wildman–Crippen LogP) is 2.06. The standard InChI is InChI=1S/C16H26N4/c1-2-19-9-3-4-13(11-19)20-15-7-8-17-10-14(15)18-16(20)12-5-6-12/h12-13,17H,2-11H2,1H3. The van der Waals surface area contributed by atoms with Crippen LogP contribution in [0, 0.1) is 0 Å². The lowest BCUT2D eigenvalue weighted by molar-refractivity contribution is 0.181. The molecule has 1 saturated heterocycles. The zero-order valence-corrected chi connectivity index (χ0v) is 12.6. The summed E-state index contributed by atoms with van der Waals surface area (Å²) >= 11 is 0. The van der Waals surface area contributed by atoms with Crippen LogP contribution in [-0.2, 0) is 13.0 Å². The zero-order chi connectivity index (χ0) is 13.5. The molecular formula is C16H26N4. The molecule has 1 unspecified atom stereocenters. The van der Waals surface area contributed by atoms with E-state index in [1.807, 2.05) is 0 Å². The molecule has 2 fully saturated rings. The van der Waals surface area contributed by atoms with Gasteiger partial charge in [0.25, 0.3) is 0 Å². The Morgan fingerprint density at radius 1 is 1.30 bits per heavy atom. The largest absolute Gasteiger partial charge is 0.327 e. The summed E-state index contributed by atoms with van der Waals surface area (Å²) in [6.07, 6.45) is 6.55. The summed E-state index contributed by atoms with van der Waals surface area (Å²) in [5.41, 5.74) is 2.89. The average molecular weight is 274 g/mol. The maximum atomic E-state index is 5.02. The molecule has 1 N–H and O–H groups in total. The highest BCUT2D eigenvalue weighted by Gasteiger charge is 2.35. The van der Waals surface area contributed by atoms with Crippen LogP contribution in [0.1, 0.15) is 61.8 Å². The van der Waals surface area contributed by atoms with Crippen LogP contribution in [-0.4, -0.2) is 40.6 Å². The minimum absolute atomic E-state index is 0.675. The number of likely N-dealkylation sites (N-methyl/N-ethyl adjacent to an activating group) is 1. The maximum Gasteiger partial charge on any atom is 0.112 e. The van der Waals surface area contributed by atoms with E-state index in [1.54, 1.807) is 5.69 Å². The molecule has 110 valence electrons. The highest BCUT2D eigenvalue weighted by Crippen LogP contribution is 2.42. The van der Waals surface area contributed by atoms with Crippen molar-refractivity contribution in [3.05, 3.63) is 17.2 Å². The summed E-state index contributed by atoms with van der Waals surface area (Å²) in [5.74, 6) is 2.18. The Morgan fingerprint density at radius 3 is 3.00 bits per heavy atom. The topological polar surface area (TPSA) is 33.1 Å². The summed E-state index contributed by atoms with van der Waals surface area (Å²) in [6.45, 7) is 8.08. The number of hydrogen-bond acceptors (Lipinski definition) is 3. The van der Waals surface area contributed by atoms with E-state index in [1.165, 1.54) is 56.8 Å². The van der Waals surface area contributed by atoms with E-state index in [0.717, 1.165) is 25.4 Å². The fraction of sp³-hybridized carbons (Fsp3) is 0.812. The van der Waals surface area contributed by atoms with Crippen molar-refractivity contribution in [2.45, 2.75) is 57.5 Å². The van der Waals surface area contributed by atoms with Crippen LogP contribution in [0.4, 0.5) is 0 Å². The quantitative estimate of drug-likeness (QED) is 0.916. The van der Waals surface area contributed by atoms with Crippen LogP contribution in [0.2, 0.25) is 0 Å². The van der Waals surface area contributed by atoms with Crippen molar-refractivity contribution in [1.29, 1.82) is 0 Å². The number of hydrogen-bond donors (Lipinski definition) is 1. The molecule has 4 nitrogen and oxygen atoms in total. The SMILES string of the molecule is CCN1CCCC(n2c(C3CC3)nc3c2CCNC3)C1. The maximum absolute atomic E-state index is 5.02. The Morgan fingerprint density at radius 2 is 2.20 bits per heavy atom. The smallest absolute Gasteiger partial charge is 0.112 e. The van der Waals surface area contributed by atoms with Gasteiger partial charge in [-0.15, -0.1) is 0 Å². The van der Waals surface area contributed by atoms with Crippen molar-refractivity contribution < 1.29 is 0 Å². The summed E-state index contributed by atoms with van der Waals surface area (Å²) in [6, 6.07) is 0.675. The molecule has 1 aromatic rings. The van der Waals surface area contributed by atoms with Gasteiger partial charge in [-0.1, -0.05) is 6.92 Å². The second kappa shape index (κ2) is 5.15. The lowest BCUT2D eigenvalue weighted by atomic mass is 10.0. The van der Waals surface area contributed by atoms with Gasteiger partial charge in [-0.25, -0.2) is 4.98 Å². The molecule has 1 saturated carbocycles. The second-order valence-corrected chi connectivity index (χ2v) is 6.62. The van der Waals surface area contributed by atoms with E-state index in [-0.39, 0.29) is 0 Å². The number of piperidine rings is 1. The number of likely N-dealkylation sites (tertiary alicyclic amines) is 1. The Balaban J connectivity index is 1.69. The van der Waals surface area contributed by atoms with Crippen LogP contribution >= 0.6 is 0 Å². The molecule has 0 amide bonds. The number of rotatable bonds is 3. The van der Waals surface area contributed by atoms with E-state index in [0.29, 0.717) is 6.04 Å². The van der Waals surface area contributed by atoms with Gasteiger partial charge in [0.15, 0.2) is 0 Å². The molecule has 0 radical (unpaired) electrons. The van der Waals surface area contributed by atoms with Crippen molar-refractivity contribution in [2.24, 2.45) is 0 Å².